The first kappa shape index (κ1) is 15.8. The summed E-state index contributed by atoms with van der Waals surface area (Å²) >= 11 is 5.79. The molecular formula is C12H21ClN4O2S. The van der Waals surface area contributed by atoms with Crippen molar-refractivity contribution in [3.63, 3.8) is 0 Å². The smallest absolute Gasteiger partial charge is 0.246 e. The van der Waals surface area contributed by atoms with Crippen molar-refractivity contribution in [2.45, 2.75) is 36.6 Å². The third-order valence-corrected chi connectivity index (χ3v) is 6.21. The van der Waals surface area contributed by atoms with E-state index in [1.54, 1.807) is 14.0 Å². The zero-order valence-corrected chi connectivity index (χ0v) is 13.6. The average molecular weight is 321 g/mol. The molecule has 1 aliphatic rings. The molecule has 0 saturated carbocycles. The molecule has 1 saturated heterocycles. The van der Waals surface area contributed by atoms with Gasteiger partial charge in [-0.1, -0.05) is 0 Å². The minimum Gasteiger partial charge on any atom is -0.305 e. The van der Waals surface area contributed by atoms with Crippen LogP contribution in [-0.2, 0) is 15.9 Å². The summed E-state index contributed by atoms with van der Waals surface area (Å²) in [4.78, 5) is 2.38. The molecule has 2 rings (SSSR count). The van der Waals surface area contributed by atoms with Crippen molar-refractivity contribution in [1.82, 2.24) is 19.4 Å². The zero-order chi connectivity index (χ0) is 14.9. The van der Waals surface area contributed by atoms with E-state index in [-0.39, 0.29) is 16.8 Å². The van der Waals surface area contributed by atoms with Gasteiger partial charge in [-0.3, -0.25) is 5.10 Å². The highest BCUT2D eigenvalue weighted by molar-refractivity contribution is 7.89. The molecule has 1 fully saturated rings. The molecule has 0 spiro atoms. The Morgan fingerprint density at radius 2 is 2.25 bits per heavy atom. The van der Waals surface area contributed by atoms with Crippen LogP contribution in [0.1, 0.15) is 24.2 Å². The first-order valence-electron chi connectivity index (χ1n) is 6.64. The van der Waals surface area contributed by atoms with E-state index in [0.717, 1.165) is 25.9 Å². The van der Waals surface area contributed by atoms with Crippen LogP contribution >= 0.6 is 11.6 Å². The Balaban J connectivity index is 2.31. The maximum absolute atomic E-state index is 12.8. The predicted octanol–water partition coefficient (Wildman–Crippen LogP) is 1.17. The lowest BCUT2D eigenvalue weighted by Gasteiger charge is -2.35. The van der Waals surface area contributed by atoms with Gasteiger partial charge in [0.05, 0.1) is 17.3 Å². The summed E-state index contributed by atoms with van der Waals surface area (Å²) in [5.74, 6) is 0.0807. The first-order chi connectivity index (χ1) is 9.37. The Morgan fingerprint density at radius 3 is 2.85 bits per heavy atom. The summed E-state index contributed by atoms with van der Waals surface area (Å²) < 4.78 is 27.0. The number of halogens is 1. The molecule has 0 radical (unpaired) electrons. The van der Waals surface area contributed by atoms with E-state index in [9.17, 15) is 8.42 Å². The predicted molar refractivity (Wildman–Crippen MR) is 78.3 cm³/mol. The summed E-state index contributed by atoms with van der Waals surface area (Å²) in [6.45, 7) is 3.47. The van der Waals surface area contributed by atoms with Gasteiger partial charge in [0.15, 0.2) is 0 Å². The van der Waals surface area contributed by atoms with Crippen molar-refractivity contribution in [3.8, 4) is 0 Å². The Morgan fingerprint density at radius 1 is 1.55 bits per heavy atom. The molecule has 0 amide bonds. The SMILES string of the molecule is Cc1[nH]nc(CCl)c1S(=O)(=O)N(C)C1CCCN(C)C1. The van der Waals surface area contributed by atoms with Gasteiger partial charge in [-0.15, -0.1) is 11.6 Å². The fourth-order valence-corrected chi connectivity index (χ4v) is 4.65. The number of rotatable bonds is 4. The number of piperidine rings is 1. The topological polar surface area (TPSA) is 69.3 Å². The molecule has 1 atom stereocenters. The van der Waals surface area contributed by atoms with E-state index < -0.39 is 10.0 Å². The number of hydrogen-bond donors (Lipinski definition) is 1. The van der Waals surface area contributed by atoms with E-state index >= 15 is 0 Å². The molecule has 1 aromatic heterocycles. The van der Waals surface area contributed by atoms with Crippen molar-refractivity contribution in [2.24, 2.45) is 0 Å². The normalized spacial score (nSPS) is 21.6. The summed E-state index contributed by atoms with van der Waals surface area (Å²) in [5.41, 5.74) is 0.928. The van der Waals surface area contributed by atoms with E-state index in [1.807, 2.05) is 7.05 Å². The van der Waals surface area contributed by atoms with Crippen molar-refractivity contribution in [2.75, 3.05) is 27.2 Å². The molecular weight excluding hydrogens is 300 g/mol. The second-order valence-corrected chi connectivity index (χ2v) is 7.54. The van der Waals surface area contributed by atoms with Crippen molar-refractivity contribution in [1.29, 1.82) is 0 Å². The number of aryl methyl sites for hydroxylation is 1. The molecule has 1 N–H and O–H groups in total. The lowest BCUT2D eigenvalue weighted by molar-refractivity contribution is 0.187. The molecule has 0 aliphatic carbocycles. The van der Waals surface area contributed by atoms with Crippen molar-refractivity contribution >= 4 is 21.6 Å². The lowest BCUT2D eigenvalue weighted by Crippen LogP contribution is -2.47. The second-order valence-electron chi connectivity index (χ2n) is 5.34. The van der Waals surface area contributed by atoms with Crippen LogP contribution in [0.25, 0.3) is 0 Å². The number of sulfonamides is 1. The number of likely N-dealkylation sites (N-methyl/N-ethyl adjacent to an activating group) is 2. The van der Waals surface area contributed by atoms with Gasteiger partial charge in [-0.05, 0) is 33.4 Å². The van der Waals surface area contributed by atoms with E-state index in [1.165, 1.54) is 4.31 Å². The molecule has 2 heterocycles. The van der Waals surface area contributed by atoms with Crippen LogP contribution < -0.4 is 0 Å². The van der Waals surface area contributed by atoms with Crippen LogP contribution in [0.5, 0.6) is 0 Å². The van der Waals surface area contributed by atoms with Gasteiger partial charge in [0.1, 0.15) is 4.90 Å². The quantitative estimate of drug-likeness (QED) is 0.846. The molecule has 114 valence electrons. The molecule has 1 unspecified atom stereocenters. The zero-order valence-electron chi connectivity index (χ0n) is 12.1. The van der Waals surface area contributed by atoms with Crippen LogP contribution in [0.2, 0.25) is 0 Å². The highest BCUT2D eigenvalue weighted by Gasteiger charge is 2.34. The van der Waals surface area contributed by atoms with Crippen LogP contribution in [0.4, 0.5) is 0 Å². The molecule has 6 nitrogen and oxygen atoms in total. The second kappa shape index (κ2) is 6.01. The molecule has 1 aromatic rings. The maximum Gasteiger partial charge on any atom is 0.246 e. The van der Waals surface area contributed by atoms with E-state index in [2.05, 4.69) is 15.1 Å². The van der Waals surface area contributed by atoms with Gasteiger partial charge in [0, 0.05) is 19.6 Å². The monoisotopic (exact) mass is 320 g/mol. The molecule has 20 heavy (non-hydrogen) atoms. The number of H-pyrrole nitrogens is 1. The Bertz CT molecular complexity index is 572. The number of likely N-dealkylation sites (tertiary alicyclic amines) is 1. The van der Waals surface area contributed by atoms with Crippen LogP contribution in [0.15, 0.2) is 4.90 Å². The number of hydrogen-bond acceptors (Lipinski definition) is 4. The fourth-order valence-electron chi connectivity index (χ4n) is 2.68. The molecule has 1 aliphatic heterocycles. The maximum atomic E-state index is 12.8. The Labute approximate surface area is 125 Å². The standard InChI is InChI=1S/C12H21ClN4O2S/c1-9-12(11(7-13)15-14-9)20(18,19)17(3)10-5-4-6-16(2)8-10/h10H,4-8H2,1-3H3,(H,14,15). The van der Waals surface area contributed by atoms with Crippen LogP contribution in [0, 0.1) is 6.92 Å². The lowest BCUT2D eigenvalue weighted by atomic mass is 10.1. The minimum atomic E-state index is -3.56. The highest BCUT2D eigenvalue weighted by Crippen LogP contribution is 2.26. The average Bonchev–Trinajstić information content (AvgIpc) is 2.79. The third-order valence-electron chi connectivity index (χ3n) is 3.84. The number of nitrogens with one attached hydrogen (secondary N) is 1. The van der Waals surface area contributed by atoms with Gasteiger partial charge in [-0.25, -0.2) is 8.42 Å². The fraction of sp³-hybridized carbons (Fsp3) is 0.750. The largest absolute Gasteiger partial charge is 0.305 e. The van der Waals surface area contributed by atoms with E-state index in [0.29, 0.717) is 11.4 Å². The number of aromatic nitrogens is 2. The number of alkyl halides is 1. The highest BCUT2D eigenvalue weighted by atomic mass is 35.5. The summed E-state index contributed by atoms with van der Waals surface area (Å²) in [7, 11) is 0.0926. The number of nitrogens with zero attached hydrogens (tertiary/aromatic N) is 3. The van der Waals surface area contributed by atoms with Gasteiger partial charge in [0.25, 0.3) is 0 Å². The molecule has 8 heteroatoms. The summed E-state index contributed by atoms with van der Waals surface area (Å²) in [6, 6.07) is -0.00349. The summed E-state index contributed by atoms with van der Waals surface area (Å²) in [6.07, 6.45) is 1.89. The molecule has 0 aromatic carbocycles. The molecule has 0 bridgehead atoms. The van der Waals surface area contributed by atoms with E-state index in [4.69, 9.17) is 11.6 Å². The Hall–Kier alpha value is -0.630. The van der Waals surface area contributed by atoms with Crippen molar-refractivity contribution < 1.29 is 8.42 Å². The van der Waals surface area contributed by atoms with Crippen LogP contribution in [-0.4, -0.2) is 61.0 Å². The Kier molecular flexibility index (Phi) is 4.73. The van der Waals surface area contributed by atoms with Gasteiger partial charge >= 0.3 is 0 Å². The minimum absolute atomic E-state index is 0.00349. The number of aromatic amines is 1. The van der Waals surface area contributed by atoms with Crippen LogP contribution in [0.3, 0.4) is 0 Å². The van der Waals surface area contributed by atoms with Gasteiger partial charge in [-0.2, -0.15) is 9.40 Å². The van der Waals surface area contributed by atoms with Gasteiger partial charge in [0.2, 0.25) is 10.0 Å². The van der Waals surface area contributed by atoms with Crippen molar-refractivity contribution in [3.05, 3.63) is 11.4 Å². The third kappa shape index (κ3) is 2.86. The van der Waals surface area contributed by atoms with Gasteiger partial charge < -0.3 is 4.90 Å². The first-order valence-corrected chi connectivity index (χ1v) is 8.61. The summed E-state index contributed by atoms with van der Waals surface area (Å²) in [5, 5.41) is 6.68.